The van der Waals surface area contributed by atoms with E-state index in [1.165, 1.54) is 19.3 Å². The number of aromatic nitrogens is 1. The maximum Gasteiger partial charge on any atom is 0.359 e. The summed E-state index contributed by atoms with van der Waals surface area (Å²) in [6, 6.07) is 6.72. The van der Waals surface area contributed by atoms with Crippen molar-refractivity contribution in [2.24, 2.45) is 0 Å². The Balaban J connectivity index is 2.01. The normalized spacial score (nSPS) is 13.8. The summed E-state index contributed by atoms with van der Waals surface area (Å²) >= 11 is 5.98. The van der Waals surface area contributed by atoms with Crippen molar-refractivity contribution in [1.29, 1.82) is 0 Å². The van der Waals surface area contributed by atoms with E-state index in [9.17, 15) is 17.8 Å². The quantitative estimate of drug-likeness (QED) is 0.327. The minimum Gasteiger partial charge on any atom is -0.353 e. The summed E-state index contributed by atoms with van der Waals surface area (Å²) in [5.41, 5.74) is 4.30. The van der Waals surface area contributed by atoms with Crippen molar-refractivity contribution >= 4 is 44.9 Å². The van der Waals surface area contributed by atoms with Gasteiger partial charge in [0.05, 0.1) is 29.2 Å². The molecule has 3 N–H and O–H groups in total. The highest BCUT2D eigenvalue weighted by Gasteiger charge is 2.27. The van der Waals surface area contributed by atoms with Crippen LogP contribution < -0.4 is 15.1 Å². The van der Waals surface area contributed by atoms with Gasteiger partial charge in [-0.1, -0.05) is 17.7 Å². The van der Waals surface area contributed by atoms with Crippen molar-refractivity contribution < 1.29 is 22.6 Å². The maximum atomic E-state index is 12.4. The third-order valence-corrected chi connectivity index (χ3v) is 5.55. The lowest BCUT2D eigenvalue weighted by Gasteiger charge is -2.21. The summed E-state index contributed by atoms with van der Waals surface area (Å²) in [5.74, 6) is -0.168. The Kier molecular flexibility index (Phi) is 6.27. The Morgan fingerprint density at radius 1 is 1.34 bits per heavy atom. The number of benzene rings is 1. The molecule has 11 heteroatoms. The molecule has 0 spiro atoms. The van der Waals surface area contributed by atoms with Gasteiger partial charge in [-0.3, -0.25) is 14.2 Å². The molecule has 1 saturated carbocycles. The van der Waals surface area contributed by atoms with Gasteiger partial charge in [0.2, 0.25) is 0 Å². The first-order valence-electron chi connectivity index (χ1n) is 8.90. The first-order chi connectivity index (χ1) is 13.7. The highest BCUT2D eigenvalue weighted by atomic mass is 35.5. The minimum atomic E-state index is -4.48. The fourth-order valence-corrected chi connectivity index (χ4v) is 3.32. The van der Waals surface area contributed by atoms with Crippen molar-refractivity contribution in [1.82, 2.24) is 10.5 Å². The second-order valence-corrected chi connectivity index (χ2v) is 8.37. The van der Waals surface area contributed by atoms with Crippen LogP contribution in [0.25, 0.3) is 0 Å². The molecule has 0 bridgehead atoms. The molecule has 1 fully saturated rings. The molecule has 0 unspecified atom stereocenters. The Hall–Kier alpha value is -2.40. The van der Waals surface area contributed by atoms with E-state index in [0.29, 0.717) is 17.3 Å². The topological polar surface area (TPSA) is 121 Å². The lowest BCUT2D eigenvalue weighted by atomic mass is 10.1. The van der Waals surface area contributed by atoms with Crippen LogP contribution >= 0.6 is 11.6 Å². The lowest BCUT2D eigenvalue weighted by Crippen LogP contribution is -2.27. The van der Waals surface area contributed by atoms with Gasteiger partial charge in [0.1, 0.15) is 5.15 Å². The zero-order valence-corrected chi connectivity index (χ0v) is 17.4. The van der Waals surface area contributed by atoms with Crippen LogP contribution in [-0.4, -0.2) is 37.5 Å². The van der Waals surface area contributed by atoms with Crippen LogP contribution in [0.5, 0.6) is 0 Å². The smallest absolute Gasteiger partial charge is 0.353 e. The molecular weight excluding hydrogens is 420 g/mol. The zero-order valence-electron chi connectivity index (χ0n) is 15.8. The third kappa shape index (κ3) is 5.15. The number of pyridine rings is 1. The van der Waals surface area contributed by atoms with Crippen LogP contribution in [0.4, 0.5) is 17.1 Å². The largest absolute Gasteiger partial charge is 0.359 e. The molecule has 0 saturated heterocycles. The zero-order chi connectivity index (χ0) is 21.2. The van der Waals surface area contributed by atoms with Gasteiger partial charge in [0.15, 0.2) is 0 Å². The van der Waals surface area contributed by atoms with E-state index < -0.39 is 16.2 Å². The van der Waals surface area contributed by atoms with E-state index in [2.05, 4.69) is 15.8 Å². The SMILES string of the molecule is CCONC(=O)c1cnc(Cl)cc1Nc1ccc(C2CC2)cc1N(C)S(=O)(=O)O. The predicted molar refractivity (Wildman–Crippen MR) is 110 cm³/mol. The molecule has 1 aromatic heterocycles. The number of hydroxylamine groups is 1. The predicted octanol–water partition coefficient (Wildman–Crippen LogP) is 3.28. The summed E-state index contributed by atoms with van der Waals surface area (Å²) in [6.45, 7) is 2.00. The number of hydrogen-bond acceptors (Lipinski definition) is 6. The first kappa shape index (κ1) is 21.3. The summed E-state index contributed by atoms with van der Waals surface area (Å²) in [7, 11) is -3.24. The Labute approximate surface area is 173 Å². The van der Waals surface area contributed by atoms with Crippen molar-refractivity contribution in [2.75, 3.05) is 23.3 Å². The number of carbonyl (C=O) groups is 1. The molecule has 0 atom stereocenters. The van der Waals surface area contributed by atoms with Crippen LogP contribution in [0.15, 0.2) is 30.5 Å². The Morgan fingerprint density at radius 2 is 2.07 bits per heavy atom. The van der Waals surface area contributed by atoms with Crippen LogP contribution in [0.3, 0.4) is 0 Å². The Bertz CT molecular complexity index is 1030. The number of anilines is 3. The molecule has 0 aliphatic heterocycles. The Morgan fingerprint density at radius 3 is 2.69 bits per heavy atom. The van der Waals surface area contributed by atoms with Gasteiger partial charge in [-0.05, 0) is 49.4 Å². The molecule has 1 amide bonds. The van der Waals surface area contributed by atoms with Crippen molar-refractivity contribution in [3.05, 3.63) is 46.7 Å². The molecule has 1 aromatic carbocycles. The summed E-state index contributed by atoms with van der Waals surface area (Å²) in [4.78, 5) is 21.2. The first-order valence-corrected chi connectivity index (χ1v) is 10.7. The van der Waals surface area contributed by atoms with Crippen LogP contribution in [0.2, 0.25) is 5.15 Å². The molecule has 156 valence electrons. The fraction of sp³-hybridized carbons (Fsp3) is 0.333. The van der Waals surface area contributed by atoms with E-state index in [-0.39, 0.29) is 23.0 Å². The second-order valence-electron chi connectivity index (χ2n) is 6.54. The van der Waals surface area contributed by atoms with Crippen LogP contribution in [0, 0.1) is 0 Å². The molecule has 3 rings (SSSR count). The van der Waals surface area contributed by atoms with Gasteiger partial charge in [0, 0.05) is 13.2 Å². The second kappa shape index (κ2) is 8.54. The number of rotatable bonds is 8. The average molecular weight is 441 g/mol. The highest BCUT2D eigenvalue weighted by Crippen LogP contribution is 2.43. The minimum absolute atomic E-state index is 0.139. The highest BCUT2D eigenvalue weighted by molar-refractivity contribution is 7.87. The molecule has 2 aromatic rings. The molecular formula is C18H21ClN4O5S. The number of carbonyl (C=O) groups excluding carboxylic acids is 1. The molecule has 29 heavy (non-hydrogen) atoms. The van der Waals surface area contributed by atoms with E-state index in [0.717, 1.165) is 22.7 Å². The fourth-order valence-electron chi connectivity index (χ4n) is 2.76. The van der Waals surface area contributed by atoms with Crippen molar-refractivity contribution in [3.63, 3.8) is 0 Å². The standard InChI is InChI=1S/C18H21ClN4O5S/c1-3-28-22-18(24)13-10-20-17(19)9-15(13)21-14-7-6-12(11-4-5-11)8-16(14)23(2)29(25,26)27/h6-11H,3-5H2,1-2H3,(H,20,21)(H,22,24)(H,25,26,27). The molecule has 9 nitrogen and oxygen atoms in total. The molecule has 1 aliphatic rings. The summed E-state index contributed by atoms with van der Waals surface area (Å²) in [5, 5.41) is 3.16. The van der Waals surface area contributed by atoms with E-state index in [4.69, 9.17) is 16.4 Å². The lowest BCUT2D eigenvalue weighted by molar-refractivity contribution is 0.0365. The van der Waals surface area contributed by atoms with E-state index in [1.54, 1.807) is 19.1 Å². The van der Waals surface area contributed by atoms with Gasteiger partial charge in [0.25, 0.3) is 5.91 Å². The monoisotopic (exact) mass is 440 g/mol. The number of amides is 1. The number of hydrogen-bond donors (Lipinski definition) is 3. The van der Waals surface area contributed by atoms with E-state index >= 15 is 0 Å². The molecule has 1 heterocycles. The average Bonchev–Trinajstić information content (AvgIpc) is 3.50. The van der Waals surface area contributed by atoms with Crippen molar-refractivity contribution in [2.45, 2.75) is 25.7 Å². The van der Waals surface area contributed by atoms with Crippen molar-refractivity contribution in [3.8, 4) is 0 Å². The van der Waals surface area contributed by atoms with Gasteiger partial charge in [-0.25, -0.2) is 14.8 Å². The van der Waals surface area contributed by atoms with Gasteiger partial charge >= 0.3 is 10.3 Å². The summed E-state index contributed by atoms with van der Waals surface area (Å²) in [6.07, 6.45) is 3.34. The van der Waals surface area contributed by atoms with Gasteiger partial charge < -0.3 is 5.32 Å². The maximum absolute atomic E-state index is 12.4. The number of nitrogens with zero attached hydrogens (tertiary/aromatic N) is 2. The molecule has 1 aliphatic carbocycles. The van der Waals surface area contributed by atoms with E-state index in [1.807, 2.05) is 6.07 Å². The van der Waals surface area contributed by atoms with Gasteiger partial charge in [-0.2, -0.15) is 8.42 Å². The van der Waals surface area contributed by atoms with Crippen LogP contribution in [0.1, 0.15) is 41.6 Å². The summed E-state index contributed by atoms with van der Waals surface area (Å²) < 4.78 is 33.7. The third-order valence-electron chi connectivity index (χ3n) is 4.45. The van der Waals surface area contributed by atoms with Crippen LogP contribution in [-0.2, 0) is 15.1 Å². The molecule has 0 radical (unpaired) electrons. The van der Waals surface area contributed by atoms with Gasteiger partial charge in [-0.15, -0.1) is 0 Å². The number of nitrogens with one attached hydrogen (secondary N) is 2. The number of halogens is 1.